The van der Waals surface area contributed by atoms with Crippen molar-refractivity contribution in [2.75, 3.05) is 6.54 Å². The molecule has 0 saturated heterocycles. The van der Waals surface area contributed by atoms with Crippen LogP contribution in [0.2, 0.25) is 0 Å². The molecule has 0 rings (SSSR count). The first kappa shape index (κ1) is 11.6. The summed E-state index contributed by atoms with van der Waals surface area (Å²) in [6.07, 6.45) is -1.07. The Morgan fingerprint density at radius 2 is 1.91 bits per heavy atom. The monoisotopic (exact) mass is 194 g/mol. The fourth-order valence-electron chi connectivity index (χ4n) is 0.224. The Morgan fingerprint density at radius 1 is 1.36 bits per heavy atom. The number of hydrogen-bond acceptors (Lipinski definition) is 6. The van der Waals surface area contributed by atoms with Gasteiger partial charge in [0.15, 0.2) is 0 Å². The molecule has 0 saturated carbocycles. The van der Waals surface area contributed by atoms with Gasteiger partial charge in [-0.15, -0.1) is 0 Å². The maximum atomic E-state index is 8.93. The minimum Gasteiger partial charge on any atom is -0.380 e. The number of hydrogen-bond donors (Lipinski definition) is 4. The molecule has 64 valence electrons. The highest BCUT2D eigenvalue weighted by Crippen LogP contribution is 2.28. The maximum absolute atomic E-state index is 8.93. The molecular weight excluding hydrogens is 183 g/mol. The molecule has 0 spiro atoms. The highest BCUT2D eigenvalue weighted by molar-refractivity contribution is 8.77. The third kappa shape index (κ3) is 5.83. The second-order valence-electron chi connectivity index (χ2n) is 1.84. The van der Waals surface area contributed by atoms with Gasteiger partial charge in [0.25, 0.3) is 0 Å². The molecule has 0 aromatic carbocycles. The van der Waals surface area contributed by atoms with Crippen LogP contribution in [-0.2, 0) is 0 Å². The van der Waals surface area contributed by atoms with Crippen LogP contribution in [0.3, 0.4) is 0 Å². The molecule has 0 aromatic rings. The first-order chi connectivity index (χ1) is 5.07. The van der Waals surface area contributed by atoms with Crippen molar-refractivity contribution in [1.29, 1.82) is 0 Å². The van der Waals surface area contributed by atoms with Crippen molar-refractivity contribution in [3.63, 3.8) is 0 Å². The Labute approximate surface area is 74.9 Å². The van der Waals surface area contributed by atoms with E-state index in [0.717, 1.165) is 21.6 Å². The van der Waals surface area contributed by atoms with Gasteiger partial charge in [-0.3, -0.25) is 0 Å². The summed E-state index contributed by atoms with van der Waals surface area (Å²) in [5, 5.41) is 17.0. The molecule has 0 aromatic heterocycles. The zero-order chi connectivity index (χ0) is 8.85. The van der Waals surface area contributed by atoms with Gasteiger partial charge in [0.05, 0.1) is 7.85 Å². The van der Waals surface area contributed by atoms with Crippen molar-refractivity contribution < 1.29 is 10.2 Å². The fraction of sp³-hybridized carbons (Fsp3) is 1.00. The summed E-state index contributed by atoms with van der Waals surface area (Å²) >= 11 is 0. The second kappa shape index (κ2) is 6.16. The highest BCUT2D eigenvalue weighted by atomic mass is 33.1. The van der Waals surface area contributed by atoms with Crippen LogP contribution in [0.5, 0.6) is 0 Å². The van der Waals surface area contributed by atoms with Gasteiger partial charge in [-0.1, -0.05) is 21.6 Å². The first-order valence-electron chi connectivity index (χ1n) is 2.97. The Bertz CT molecular complexity index is 108. The van der Waals surface area contributed by atoms with Crippen molar-refractivity contribution in [3.05, 3.63) is 0 Å². The van der Waals surface area contributed by atoms with Gasteiger partial charge in [0, 0.05) is 11.7 Å². The minimum absolute atomic E-state index is 0.158. The third-order valence-electron chi connectivity index (χ3n) is 0.816. The van der Waals surface area contributed by atoms with E-state index in [2.05, 4.69) is 0 Å². The lowest BCUT2D eigenvalue weighted by molar-refractivity contribution is 0.199. The Morgan fingerprint density at radius 3 is 2.27 bits per heavy atom. The minimum atomic E-state index is -1.07. The SMILES string of the molecule is [B]C(SSC(O)CN)C(N)O. The lowest BCUT2D eigenvalue weighted by Crippen LogP contribution is -2.32. The lowest BCUT2D eigenvalue weighted by Gasteiger charge is -2.14. The van der Waals surface area contributed by atoms with Gasteiger partial charge in [-0.25, -0.2) is 0 Å². The van der Waals surface area contributed by atoms with Crippen LogP contribution in [-0.4, -0.2) is 41.4 Å². The lowest BCUT2D eigenvalue weighted by atomic mass is 10.0. The predicted octanol–water partition coefficient (Wildman–Crippen LogP) is -1.58. The Kier molecular flexibility index (Phi) is 6.50. The maximum Gasteiger partial charge on any atom is 0.121 e. The molecule has 0 aliphatic rings. The average molecular weight is 194 g/mol. The van der Waals surface area contributed by atoms with E-state index in [-0.39, 0.29) is 6.54 Å². The van der Waals surface area contributed by atoms with E-state index in [1.54, 1.807) is 0 Å². The van der Waals surface area contributed by atoms with Crippen molar-refractivity contribution in [2.24, 2.45) is 11.5 Å². The molecule has 6 N–H and O–H groups in total. The van der Waals surface area contributed by atoms with E-state index in [9.17, 15) is 0 Å². The van der Waals surface area contributed by atoms with Crippen molar-refractivity contribution in [2.45, 2.75) is 16.8 Å². The van der Waals surface area contributed by atoms with Gasteiger partial charge in [0.2, 0.25) is 0 Å². The van der Waals surface area contributed by atoms with Gasteiger partial charge in [-0.05, 0) is 0 Å². The van der Waals surface area contributed by atoms with Crippen LogP contribution in [0.15, 0.2) is 0 Å². The van der Waals surface area contributed by atoms with Crippen molar-refractivity contribution in [3.8, 4) is 0 Å². The molecular formula is C4H11BN2O2S2. The third-order valence-corrected chi connectivity index (χ3v) is 3.51. The number of aliphatic hydroxyl groups excluding tert-OH is 2. The molecule has 3 unspecified atom stereocenters. The number of rotatable bonds is 5. The highest BCUT2D eigenvalue weighted by Gasteiger charge is 2.11. The molecule has 4 nitrogen and oxygen atoms in total. The van der Waals surface area contributed by atoms with Crippen LogP contribution < -0.4 is 11.5 Å². The van der Waals surface area contributed by atoms with Crippen molar-refractivity contribution >= 4 is 29.4 Å². The summed E-state index contributed by atoms with van der Waals surface area (Å²) in [5.74, 6) is 0. The summed E-state index contributed by atoms with van der Waals surface area (Å²) in [7, 11) is 7.54. The molecule has 2 radical (unpaired) electrons. The smallest absolute Gasteiger partial charge is 0.121 e. The van der Waals surface area contributed by atoms with Crippen LogP contribution in [0.25, 0.3) is 0 Å². The largest absolute Gasteiger partial charge is 0.380 e. The van der Waals surface area contributed by atoms with Crippen molar-refractivity contribution in [1.82, 2.24) is 0 Å². The van der Waals surface area contributed by atoms with E-state index in [1.165, 1.54) is 0 Å². The summed E-state index contributed by atoms with van der Waals surface area (Å²) in [6, 6.07) is 0. The van der Waals surface area contributed by atoms with Gasteiger partial charge < -0.3 is 21.7 Å². The molecule has 11 heavy (non-hydrogen) atoms. The molecule has 7 heteroatoms. The topological polar surface area (TPSA) is 92.5 Å². The standard InChI is InChI=1S/C4H11BN2O2S2/c5-3(4(7)9)11-10-2(8)1-6/h2-4,8-9H,1,6-7H2. The molecule has 0 bridgehead atoms. The summed E-state index contributed by atoms with van der Waals surface area (Å²) in [4.78, 5) is 0. The summed E-state index contributed by atoms with van der Waals surface area (Å²) < 4.78 is 0. The van der Waals surface area contributed by atoms with E-state index >= 15 is 0 Å². The number of aliphatic hydroxyl groups is 2. The zero-order valence-electron chi connectivity index (χ0n) is 5.88. The Balaban J connectivity index is 3.37. The van der Waals surface area contributed by atoms with Crippen LogP contribution in [0.4, 0.5) is 0 Å². The van der Waals surface area contributed by atoms with E-state index < -0.39 is 16.8 Å². The Hall–Kier alpha value is 0.605. The molecule has 0 aliphatic carbocycles. The van der Waals surface area contributed by atoms with Crippen LogP contribution >= 0.6 is 21.6 Å². The van der Waals surface area contributed by atoms with Crippen LogP contribution in [0.1, 0.15) is 0 Å². The molecule has 0 fully saturated rings. The molecule has 0 heterocycles. The molecule has 0 aliphatic heterocycles. The zero-order valence-corrected chi connectivity index (χ0v) is 7.52. The quantitative estimate of drug-likeness (QED) is 0.240. The summed E-state index contributed by atoms with van der Waals surface area (Å²) in [6.45, 7) is 0.158. The number of nitrogens with two attached hydrogens (primary N) is 2. The first-order valence-corrected chi connectivity index (χ1v) is 5.25. The molecule has 0 amide bonds. The normalized spacial score (nSPS) is 19.3. The average Bonchev–Trinajstić information content (AvgIpc) is 1.99. The van der Waals surface area contributed by atoms with E-state index in [4.69, 9.17) is 29.5 Å². The van der Waals surface area contributed by atoms with Gasteiger partial charge in [-0.2, -0.15) is 0 Å². The van der Waals surface area contributed by atoms with E-state index in [1.807, 2.05) is 0 Å². The predicted molar refractivity (Wildman–Crippen MR) is 50.0 cm³/mol. The van der Waals surface area contributed by atoms with E-state index in [0.29, 0.717) is 0 Å². The second-order valence-corrected chi connectivity index (χ2v) is 4.47. The van der Waals surface area contributed by atoms with Gasteiger partial charge >= 0.3 is 0 Å². The molecule has 3 atom stereocenters. The fourth-order valence-corrected chi connectivity index (χ4v) is 2.02. The summed E-state index contributed by atoms with van der Waals surface area (Å²) in [5.41, 5.74) is 9.50. The van der Waals surface area contributed by atoms with Gasteiger partial charge in [0.1, 0.15) is 11.7 Å². The van der Waals surface area contributed by atoms with Crippen LogP contribution in [0, 0.1) is 0 Å².